The van der Waals surface area contributed by atoms with E-state index in [4.69, 9.17) is 13.9 Å². The van der Waals surface area contributed by atoms with Gasteiger partial charge < -0.3 is 19.0 Å². The molecule has 3 rings (SSSR count). The van der Waals surface area contributed by atoms with Crippen LogP contribution < -0.4 is 0 Å². The van der Waals surface area contributed by atoms with Crippen molar-refractivity contribution in [2.45, 2.75) is 73.0 Å². The van der Waals surface area contributed by atoms with E-state index in [9.17, 15) is 19.5 Å². The van der Waals surface area contributed by atoms with Crippen LogP contribution in [0.3, 0.4) is 0 Å². The van der Waals surface area contributed by atoms with Gasteiger partial charge in [0.15, 0.2) is 0 Å². The van der Waals surface area contributed by atoms with Gasteiger partial charge in [-0.25, -0.2) is 9.59 Å². The molecule has 0 radical (unpaired) electrons. The van der Waals surface area contributed by atoms with Gasteiger partial charge in [-0.15, -0.1) is 0 Å². The van der Waals surface area contributed by atoms with Crippen molar-refractivity contribution in [3.8, 4) is 0 Å². The largest absolute Gasteiger partial charge is 0.481 e. The van der Waals surface area contributed by atoms with Crippen LogP contribution in [0.2, 0.25) is 0 Å². The van der Waals surface area contributed by atoms with Crippen LogP contribution in [-0.2, 0) is 30.3 Å². The van der Waals surface area contributed by atoms with E-state index in [1.54, 1.807) is 46.1 Å². The molecule has 174 valence electrons. The molecule has 0 bridgehead atoms. The molecule has 1 heterocycles. The second-order valence-electron chi connectivity index (χ2n) is 9.09. The molecule has 5 atom stereocenters. The highest BCUT2D eigenvalue weighted by Crippen LogP contribution is 2.60. The smallest absolute Gasteiger partial charge is 0.334 e. The minimum atomic E-state index is -1.07. The molecular formula is C25H32O7. The highest BCUT2D eigenvalue weighted by molar-refractivity contribution is 5.88. The van der Waals surface area contributed by atoms with Crippen molar-refractivity contribution in [2.24, 2.45) is 17.3 Å². The zero-order valence-corrected chi connectivity index (χ0v) is 19.6. The van der Waals surface area contributed by atoms with Crippen molar-refractivity contribution < 1.29 is 33.4 Å². The summed E-state index contributed by atoms with van der Waals surface area (Å²) in [6.45, 7) is 10.5. The number of aryl methyl sites for hydroxylation is 1. The summed E-state index contributed by atoms with van der Waals surface area (Å²) in [4.78, 5) is 37.9. The van der Waals surface area contributed by atoms with Gasteiger partial charge in [0.25, 0.3) is 0 Å². The number of furan rings is 1. The number of aliphatic carboxylic acids is 1. The highest BCUT2D eigenvalue weighted by atomic mass is 16.6. The number of esters is 2. The SMILES string of the molecule is C/C=C(/C)C(=O)O[C@@H]1c2c(C)coc2C[C@H]2CC[C@@H](OC(=O)/C(C)=C\C)[C@H](C(=O)O)[C@]21C. The van der Waals surface area contributed by atoms with Crippen LogP contribution in [0.4, 0.5) is 0 Å². The van der Waals surface area contributed by atoms with Gasteiger partial charge in [0.1, 0.15) is 23.9 Å². The van der Waals surface area contributed by atoms with E-state index in [0.29, 0.717) is 30.4 Å². The summed E-state index contributed by atoms with van der Waals surface area (Å²) >= 11 is 0. The van der Waals surface area contributed by atoms with Crippen LogP contribution in [0.15, 0.2) is 34.0 Å². The number of carbonyl (C=O) groups is 3. The first-order valence-electron chi connectivity index (χ1n) is 11.0. The minimum absolute atomic E-state index is 0.108. The van der Waals surface area contributed by atoms with Crippen molar-refractivity contribution in [3.05, 3.63) is 46.4 Å². The Hall–Kier alpha value is -2.83. The fraction of sp³-hybridized carbons (Fsp3) is 0.560. The van der Waals surface area contributed by atoms with Gasteiger partial charge in [0.05, 0.1) is 6.26 Å². The Kier molecular flexibility index (Phi) is 6.67. The Morgan fingerprint density at radius 1 is 1.09 bits per heavy atom. The molecule has 1 fully saturated rings. The van der Waals surface area contributed by atoms with Crippen LogP contribution in [0.25, 0.3) is 0 Å². The van der Waals surface area contributed by atoms with Crippen molar-refractivity contribution in [1.82, 2.24) is 0 Å². The van der Waals surface area contributed by atoms with Crippen LogP contribution in [-0.4, -0.2) is 29.1 Å². The summed E-state index contributed by atoms with van der Waals surface area (Å²) in [7, 11) is 0. The van der Waals surface area contributed by atoms with Gasteiger partial charge in [-0.05, 0) is 58.9 Å². The van der Waals surface area contributed by atoms with E-state index < -0.39 is 41.4 Å². The highest BCUT2D eigenvalue weighted by Gasteiger charge is 2.62. The van der Waals surface area contributed by atoms with Crippen LogP contribution in [0.1, 0.15) is 70.5 Å². The van der Waals surface area contributed by atoms with E-state index in [2.05, 4.69) is 0 Å². The number of ether oxygens (including phenoxy) is 2. The molecule has 0 amide bonds. The molecule has 7 heteroatoms. The van der Waals surface area contributed by atoms with E-state index in [1.165, 1.54) is 0 Å². The lowest BCUT2D eigenvalue weighted by Crippen LogP contribution is -2.56. The predicted molar refractivity (Wildman–Crippen MR) is 117 cm³/mol. The van der Waals surface area contributed by atoms with Crippen LogP contribution in [0.5, 0.6) is 0 Å². The number of fused-ring (bicyclic) bond motifs is 2. The second kappa shape index (κ2) is 8.96. The standard InChI is InChI=1S/C25H32O7/c1-7-13(3)23(28)31-17-10-9-16-11-18-19(15(5)12-30-18)21(32-24(29)14(4)8-2)25(16,6)20(17)22(26)27/h7-8,12,16-17,20-21H,9-11H2,1-6H3,(H,26,27)/b13-7-,14-8-/t16-,17-,20-,21-,25+/m1/s1. The molecule has 1 saturated carbocycles. The number of hydrogen-bond donors (Lipinski definition) is 1. The number of rotatable bonds is 5. The monoisotopic (exact) mass is 444 g/mol. The third kappa shape index (κ3) is 3.89. The molecule has 7 nitrogen and oxygen atoms in total. The molecule has 0 aliphatic heterocycles. The summed E-state index contributed by atoms with van der Waals surface area (Å²) in [5.74, 6) is -2.52. The fourth-order valence-electron chi connectivity index (χ4n) is 5.15. The number of carboxylic acid groups (broad SMARTS) is 1. The van der Waals surface area contributed by atoms with E-state index >= 15 is 0 Å². The summed E-state index contributed by atoms with van der Waals surface area (Å²) in [5, 5.41) is 10.3. The molecule has 0 saturated heterocycles. The molecule has 0 unspecified atom stereocenters. The first-order chi connectivity index (χ1) is 15.1. The van der Waals surface area contributed by atoms with Crippen molar-refractivity contribution in [1.29, 1.82) is 0 Å². The van der Waals surface area contributed by atoms with Gasteiger partial charge in [-0.2, -0.15) is 0 Å². The van der Waals surface area contributed by atoms with Crippen molar-refractivity contribution in [2.75, 3.05) is 0 Å². The quantitative estimate of drug-likeness (QED) is 0.519. The summed E-state index contributed by atoms with van der Waals surface area (Å²) in [6, 6.07) is 0. The third-order valence-electron chi connectivity index (χ3n) is 7.34. The first kappa shape index (κ1) is 23.8. The average molecular weight is 445 g/mol. The average Bonchev–Trinajstić information content (AvgIpc) is 3.12. The molecule has 2 aliphatic carbocycles. The fourth-order valence-corrected chi connectivity index (χ4v) is 5.15. The lowest BCUT2D eigenvalue weighted by Gasteiger charge is -2.53. The lowest BCUT2D eigenvalue weighted by molar-refractivity contribution is -0.196. The molecule has 0 aromatic carbocycles. The van der Waals surface area contributed by atoms with Crippen LogP contribution >= 0.6 is 0 Å². The third-order valence-corrected chi connectivity index (χ3v) is 7.34. The second-order valence-corrected chi connectivity index (χ2v) is 9.09. The Morgan fingerprint density at radius 2 is 1.69 bits per heavy atom. The van der Waals surface area contributed by atoms with E-state index in [1.807, 2.05) is 13.8 Å². The van der Waals surface area contributed by atoms with Gasteiger partial charge in [-0.1, -0.05) is 19.1 Å². The zero-order valence-electron chi connectivity index (χ0n) is 19.6. The van der Waals surface area contributed by atoms with Gasteiger partial charge >= 0.3 is 17.9 Å². The summed E-state index contributed by atoms with van der Waals surface area (Å²) in [5.41, 5.74) is 1.41. The Bertz CT molecular complexity index is 982. The maximum absolute atomic E-state index is 12.8. The molecular weight excluding hydrogens is 412 g/mol. The Balaban J connectivity index is 2.10. The van der Waals surface area contributed by atoms with Crippen LogP contribution in [0, 0.1) is 24.2 Å². The minimum Gasteiger partial charge on any atom is -0.481 e. The van der Waals surface area contributed by atoms with Gasteiger partial charge in [0, 0.05) is 28.5 Å². The summed E-state index contributed by atoms with van der Waals surface area (Å²) in [6.07, 6.45) is 4.86. The number of allylic oxidation sites excluding steroid dienone is 2. The normalized spacial score (nSPS) is 30.2. The molecule has 32 heavy (non-hydrogen) atoms. The number of carboxylic acids is 1. The van der Waals surface area contributed by atoms with Gasteiger partial charge in [0.2, 0.25) is 0 Å². The van der Waals surface area contributed by atoms with E-state index in [0.717, 1.165) is 16.9 Å². The molecule has 1 aromatic heterocycles. The summed E-state index contributed by atoms with van der Waals surface area (Å²) < 4.78 is 17.5. The molecule has 0 spiro atoms. The molecule has 1 aromatic rings. The van der Waals surface area contributed by atoms with Crippen molar-refractivity contribution in [3.63, 3.8) is 0 Å². The maximum atomic E-state index is 12.8. The lowest BCUT2D eigenvalue weighted by atomic mass is 9.53. The van der Waals surface area contributed by atoms with Gasteiger partial charge in [-0.3, -0.25) is 4.79 Å². The first-order valence-corrected chi connectivity index (χ1v) is 11.0. The van der Waals surface area contributed by atoms with E-state index in [-0.39, 0.29) is 5.92 Å². The maximum Gasteiger partial charge on any atom is 0.334 e. The Labute approximate surface area is 188 Å². The number of carbonyl (C=O) groups excluding carboxylic acids is 2. The number of hydrogen-bond acceptors (Lipinski definition) is 6. The topological polar surface area (TPSA) is 103 Å². The molecule has 1 N–H and O–H groups in total. The molecule has 2 aliphatic rings. The predicted octanol–water partition coefficient (Wildman–Crippen LogP) is 4.69. The van der Waals surface area contributed by atoms with Crippen molar-refractivity contribution >= 4 is 17.9 Å². The Morgan fingerprint density at radius 3 is 2.25 bits per heavy atom. The zero-order chi connectivity index (χ0) is 23.8.